The number of ether oxygens (including phenoxy) is 1. The Morgan fingerprint density at radius 3 is 2.49 bits per heavy atom. The van der Waals surface area contributed by atoms with Gasteiger partial charge in [0, 0.05) is 35.8 Å². The zero-order valence-electron chi connectivity index (χ0n) is 21.4. The number of aliphatic hydroxyl groups excluding tert-OH is 2. The molecule has 0 radical (unpaired) electrons. The molecule has 0 bridgehead atoms. The van der Waals surface area contributed by atoms with E-state index in [2.05, 4.69) is 16.8 Å². The number of hydrogen-bond donors (Lipinski definition) is 3. The van der Waals surface area contributed by atoms with Crippen LogP contribution in [-0.2, 0) is 11.4 Å². The van der Waals surface area contributed by atoms with Gasteiger partial charge in [-0.2, -0.15) is 0 Å². The molecular weight excluding hydrogens is 513 g/mol. The predicted molar refractivity (Wildman–Crippen MR) is 137 cm³/mol. The minimum Gasteiger partial charge on any atom is -0.497 e. The van der Waals surface area contributed by atoms with Gasteiger partial charge in [0.15, 0.2) is 17.5 Å². The Balaban J connectivity index is 1.43. The highest BCUT2D eigenvalue weighted by Gasteiger charge is 2.41. The van der Waals surface area contributed by atoms with Crippen LogP contribution in [-0.4, -0.2) is 57.9 Å². The molecule has 0 spiro atoms. The van der Waals surface area contributed by atoms with Gasteiger partial charge in [0.05, 0.1) is 37.3 Å². The third-order valence-electron chi connectivity index (χ3n) is 7.39. The number of fused-ring (bicyclic) bond motifs is 1. The average Bonchev–Trinajstić information content (AvgIpc) is 2.94. The van der Waals surface area contributed by atoms with Crippen molar-refractivity contribution in [2.24, 2.45) is 5.41 Å². The smallest absolute Gasteiger partial charge is 0.309 e. The molecule has 3 N–H and O–H groups in total. The molecule has 206 valence electrons. The fraction of sp³-hybridized carbons (Fsp3) is 0.379. The zero-order valence-corrected chi connectivity index (χ0v) is 21.4. The number of benzene rings is 2. The summed E-state index contributed by atoms with van der Waals surface area (Å²) in [6, 6.07) is 6.89. The minimum atomic E-state index is -1.55. The summed E-state index contributed by atoms with van der Waals surface area (Å²) in [4.78, 5) is 18.6. The first kappa shape index (κ1) is 28.4. The number of carbonyl (C=O) groups is 1. The molecule has 2 aromatic carbocycles. The lowest BCUT2D eigenvalue weighted by molar-refractivity contribution is -0.153. The van der Waals surface area contributed by atoms with Crippen LogP contribution >= 0.6 is 0 Å². The van der Waals surface area contributed by atoms with Crippen molar-refractivity contribution in [1.29, 1.82) is 0 Å². The first-order valence-corrected chi connectivity index (χ1v) is 12.5. The Morgan fingerprint density at radius 1 is 1.18 bits per heavy atom. The molecule has 0 aliphatic carbocycles. The Hall–Kier alpha value is -3.65. The molecule has 1 aliphatic heterocycles. The van der Waals surface area contributed by atoms with Crippen molar-refractivity contribution in [2.45, 2.75) is 38.4 Å². The first-order chi connectivity index (χ1) is 18.7. The maximum absolute atomic E-state index is 13.4. The molecule has 1 fully saturated rings. The largest absolute Gasteiger partial charge is 0.497 e. The van der Waals surface area contributed by atoms with Crippen molar-refractivity contribution in [3.05, 3.63) is 70.7 Å². The highest BCUT2D eigenvalue weighted by molar-refractivity contribution is 5.85. The standard InChI is InChI=1S/C29H29F3N2O5/c1-39-20-4-5-24-21(15-20)26(19(17-35)16-33-24)25(36)6-7-29(28(37)38)8-11-34(12-9-29)10-2-3-18-13-22(30)27(32)23(31)14-18/h4-5,13-16,25,35-36H,6-12,17H2,1H3,(H,37,38)/t25-/m0/s1. The van der Waals surface area contributed by atoms with Crippen LogP contribution in [0.5, 0.6) is 5.75 Å². The summed E-state index contributed by atoms with van der Waals surface area (Å²) in [5, 5.41) is 31.8. The first-order valence-electron chi connectivity index (χ1n) is 12.5. The van der Waals surface area contributed by atoms with Crippen molar-refractivity contribution in [2.75, 3.05) is 26.7 Å². The molecule has 39 heavy (non-hydrogen) atoms. The topological polar surface area (TPSA) is 103 Å². The summed E-state index contributed by atoms with van der Waals surface area (Å²) in [5.41, 5.74) is 0.551. The van der Waals surface area contributed by atoms with Gasteiger partial charge >= 0.3 is 5.97 Å². The number of aliphatic hydroxyl groups is 2. The third kappa shape index (κ3) is 6.17. The van der Waals surface area contributed by atoms with Gasteiger partial charge in [-0.05, 0) is 61.6 Å². The van der Waals surface area contributed by atoms with Gasteiger partial charge in [-0.1, -0.05) is 11.8 Å². The molecule has 1 aromatic heterocycles. The van der Waals surface area contributed by atoms with Crippen LogP contribution in [0.4, 0.5) is 13.2 Å². The van der Waals surface area contributed by atoms with E-state index >= 15 is 0 Å². The second-order valence-corrected chi connectivity index (χ2v) is 9.71. The van der Waals surface area contributed by atoms with E-state index in [9.17, 15) is 33.3 Å². The van der Waals surface area contributed by atoms with Crippen LogP contribution in [0.1, 0.15) is 48.5 Å². The van der Waals surface area contributed by atoms with Gasteiger partial charge in [0.2, 0.25) is 0 Å². The number of carboxylic acid groups (broad SMARTS) is 1. The molecule has 2 heterocycles. The fourth-order valence-corrected chi connectivity index (χ4v) is 5.03. The number of carboxylic acids is 1. The van der Waals surface area contributed by atoms with Gasteiger partial charge < -0.3 is 20.1 Å². The molecule has 10 heteroatoms. The fourth-order valence-electron chi connectivity index (χ4n) is 5.03. The average molecular weight is 543 g/mol. The van der Waals surface area contributed by atoms with Crippen molar-refractivity contribution >= 4 is 16.9 Å². The number of aliphatic carboxylic acids is 1. The molecule has 7 nitrogen and oxygen atoms in total. The second kappa shape index (κ2) is 12.0. The van der Waals surface area contributed by atoms with E-state index < -0.39 is 34.9 Å². The molecule has 1 saturated heterocycles. The van der Waals surface area contributed by atoms with Gasteiger partial charge in [0.1, 0.15) is 5.75 Å². The summed E-state index contributed by atoms with van der Waals surface area (Å²) >= 11 is 0. The Labute approximate surface area is 223 Å². The van der Waals surface area contributed by atoms with Crippen LogP contribution < -0.4 is 4.74 Å². The number of methoxy groups -OCH3 is 1. The summed E-state index contributed by atoms with van der Waals surface area (Å²) < 4.78 is 45.2. The van der Waals surface area contributed by atoms with Crippen LogP contribution in [0.2, 0.25) is 0 Å². The van der Waals surface area contributed by atoms with E-state index in [0.29, 0.717) is 53.7 Å². The minimum absolute atomic E-state index is 0.0146. The van der Waals surface area contributed by atoms with Crippen molar-refractivity contribution in [3.8, 4) is 17.6 Å². The number of piperidine rings is 1. The Kier molecular flexibility index (Phi) is 8.75. The van der Waals surface area contributed by atoms with Crippen LogP contribution in [0, 0.1) is 34.7 Å². The lowest BCUT2D eigenvalue weighted by atomic mass is 9.74. The predicted octanol–water partition coefficient (Wildman–Crippen LogP) is 4.19. The number of hydrogen-bond acceptors (Lipinski definition) is 6. The molecule has 0 unspecified atom stereocenters. The summed E-state index contributed by atoms with van der Waals surface area (Å²) in [7, 11) is 1.53. The molecule has 1 aliphatic rings. The number of likely N-dealkylation sites (tertiary alicyclic amines) is 1. The Bertz CT molecular complexity index is 1400. The zero-order chi connectivity index (χ0) is 28.2. The third-order valence-corrected chi connectivity index (χ3v) is 7.39. The molecule has 3 aromatic rings. The lowest BCUT2D eigenvalue weighted by Crippen LogP contribution is -2.44. The summed E-state index contributed by atoms with van der Waals surface area (Å²) in [6.45, 7) is 0.786. The summed E-state index contributed by atoms with van der Waals surface area (Å²) in [6.07, 6.45) is 1.52. The number of aromatic nitrogens is 1. The van der Waals surface area contributed by atoms with E-state index in [1.165, 1.54) is 13.3 Å². The normalized spacial score (nSPS) is 15.9. The monoisotopic (exact) mass is 542 g/mol. The molecular formula is C29H29F3N2O5. The van der Waals surface area contributed by atoms with Crippen LogP contribution in [0.3, 0.4) is 0 Å². The number of pyridine rings is 1. The Morgan fingerprint density at radius 2 is 1.87 bits per heavy atom. The maximum Gasteiger partial charge on any atom is 0.309 e. The van der Waals surface area contributed by atoms with E-state index in [1.54, 1.807) is 18.2 Å². The lowest BCUT2D eigenvalue weighted by Gasteiger charge is -2.38. The quantitative estimate of drug-likeness (QED) is 0.290. The van der Waals surface area contributed by atoms with E-state index in [0.717, 1.165) is 12.1 Å². The molecule has 0 saturated carbocycles. The number of rotatable bonds is 8. The van der Waals surface area contributed by atoms with E-state index in [4.69, 9.17) is 4.74 Å². The molecule has 0 amide bonds. The van der Waals surface area contributed by atoms with Gasteiger partial charge in [-0.15, -0.1) is 0 Å². The van der Waals surface area contributed by atoms with Crippen molar-refractivity contribution in [3.63, 3.8) is 0 Å². The SMILES string of the molecule is COc1ccc2ncc(CO)c([C@@H](O)CCC3(C(=O)O)CCN(CC#Cc4cc(F)c(F)c(F)c4)CC3)c2c1. The van der Waals surface area contributed by atoms with Gasteiger partial charge in [-0.3, -0.25) is 14.7 Å². The van der Waals surface area contributed by atoms with Crippen LogP contribution in [0.15, 0.2) is 36.5 Å². The van der Waals surface area contributed by atoms with E-state index in [-0.39, 0.29) is 31.6 Å². The summed E-state index contributed by atoms with van der Waals surface area (Å²) in [5.74, 6) is 0.881. The van der Waals surface area contributed by atoms with Gasteiger partial charge in [0.25, 0.3) is 0 Å². The molecule has 1 atom stereocenters. The number of nitrogens with zero attached hydrogens (tertiary/aromatic N) is 2. The molecule has 4 rings (SSSR count). The highest BCUT2D eigenvalue weighted by atomic mass is 19.2. The maximum atomic E-state index is 13.4. The van der Waals surface area contributed by atoms with Crippen molar-refractivity contribution < 1.29 is 38.0 Å². The highest BCUT2D eigenvalue weighted by Crippen LogP contribution is 2.40. The van der Waals surface area contributed by atoms with Gasteiger partial charge in [-0.25, -0.2) is 13.2 Å². The second-order valence-electron chi connectivity index (χ2n) is 9.71. The van der Waals surface area contributed by atoms with E-state index in [1.807, 2.05) is 4.90 Å². The van der Waals surface area contributed by atoms with Crippen molar-refractivity contribution in [1.82, 2.24) is 9.88 Å². The number of halogens is 3. The van der Waals surface area contributed by atoms with Crippen LogP contribution in [0.25, 0.3) is 10.9 Å².